The molecule has 190 valence electrons. The van der Waals surface area contributed by atoms with Crippen LogP contribution in [0.15, 0.2) is 45.6 Å². The molecule has 36 heavy (non-hydrogen) atoms. The lowest BCUT2D eigenvalue weighted by Crippen LogP contribution is -2.39. The number of aromatic hydroxyl groups is 1. The van der Waals surface area contributed by atoms with Crippen molar-refractivity contribution in [2.75, 3.05) is 26.8 Å². The molecule has 1 saturated heterocycles. The molecular formula is C27H29NO8. The maximum atomic E-state index is 13.3. The Bertz CT molecular complexity index is 1330. The van der Waals surface area contributed by atoms with Gasteiger partial charge < -0.3 is 23.7 Å². The molecule has 0 aliphatic carbocycles. The van der Waals surface area contributed by atoms with Crippen LogP contribution < -0.4 is 10.2 Å². The molecule has 9 heteroatoms. The van der Waals surface area contributed by atoms with Gasteiger partial charge in [0.1, 0.15) is 22.8 Å². The number of nitrogens with zero attached hydrogens (tertiary/aromatic N) is 1. The number of rotatable bonds is 7. The molecule has 9 nitrogen and oxygen atoms in total. The Morgan fingerprint density at radius 2 is 1.92 bits per heavy atom. The number of carbonyl (C=O) groups excluding carboxylic acids is 2. The quantitative estimate of drug-likeness (QED) is 0.482. The number of carbonyl (C=O) groups is 2. The highest BCUT2D eigenvalue weighted by Crippen LogP contribution is 2.32. The number of phenols is 1. The van der Waals surface area contributed by atoms with Gasteiger partial charge in [0.25, 0.3) is 0 Å². The summed E-state index contributed by atoms with van der Waals surface area (Å²) in [4.78, 5) is 39.3. The topological polar surface area (TPSA) is 116 Å². The van der Waals surface area contributed by atoms with Crippen molar-refractivity contribution in [3.63, 3.8) is 0 Å². The Morgan fingerprint density at radius 1 is 1.17 bits per heavy atom. The zero-order valence-electron chi connectivity index (χ0n) is 20.5. The van der Waals surface area contributed by atoms with Crippen molar-refractivity contribution in [1.29, 1.82) is 0 Å². The van der Waals surface area contributed by atoms with Crippen molar-refractivity contribution in [3.8, 4) is 17.2 Å². The minimum absolute atomic E-state index is 0.00961. The minimum atomic E-state index is -0.474. The number of aryl methyl sites for hydroxylation is 1. The fourth-order valence-electron chi connectivity index (χ4n) is 4.44. The number of hydrogen-bond donors (Lipinski definition) is 1. The van der Waals surface area contributed by atoms with Crippen LogP contribution in [-0.2, 0) is 20.8 Å². The molecule has 0 spiro atoms. The van der Waals surface area contributed by atoms with E-state index < -0.39 is 5.97 Å². The summed E-state index contributed by atoms with van der Waals surface area (Å²) >= 11 is 0. The largest absolute Gasteiger partial charge is 0.507 e. The summed E-state index contributed by atoms with van der Waals surface area (Å²) < 4.78 is 21.7. The molecule has 2 heterocycles. The molecule has 0 amide bonds. The molecule has 4 rings (SSSR count). The van der Waals surface area contributed by atoms with Gasteiger partial charge in [-0.3, -0.25) is 14.5 Å². The number of phenolic OH excluding ortho intramolecular Hbond substituents is 1. The van der Waals surface area contributed by atoms with Crippen LogP contribution in [0.4, 0.5) is 0 Å². The molecule has 0 radical (unpaired) electrons. The van der Waals surface area contributed by atoms with Crippen LogP contribution >= 0.6 is 0 Å². The second-order valence-electron chi connectivity index (χ2n) is 8.70. The summed E-state index contributed by atoms with van der Waals surface area (Å²) in [5, 5.41) is 10.9. The fraction of sp³-hybridized carbons (Fsp3) is 0.370. The summed E-state index contributed by atoms with van der Waals surface area (Å²) in [6, 6.07) is 9.17. The molecule has 1 atom stereocenters. The number of likely N-dealkylation sites (tertiary alicyclic amines) is 1. The van der Waals surface area contributed by atoms with E-state index >= 15 is 0 Å². The molecule has 2 aromatic carbocycles. The maximum Gasteiger partial charge on any atom is 0.337 e. The minimum Gasteiger partial charge on any atom is -0.507 e. The van der Waals surface area contributed by atoms with Crippen molar-refractivity contribution in [2.24, 2.45) is 5.92 Å². The molecule has 1 N–H and O–H groups in total. The SMILES string of the molecule is CCOC(=O)C1CCCN(Cc2c(O)ccc3c(=O)c(Oc4ccc(C(=O)OC)cc4)c(C)oc23)C1. The van der Waals surface area contributed by atoms with Gasteiger partial charge in [0.05, 0.1) is 36.1 Å². The van der Waals surface area contributed by atoms with Gasteiger partial charge in [-0.05, 0) is 69.6 Å². The van der Waals surface area contributed by atoms with E-state index in [0.717, 1.165) is 19.4 Å². The van der Waals surface area contributed by atoms with E-state index in [2.05, 4.69) is 4.90 Å². The molecule has 1 aliphatic rings. The first-order valence-electron chi connectivity index (χ1n) is 11.9. The first-order chi connectivity index (χ1) is 17.3. The third-order valence-electron chi connectivity index (χ3n) is 6.26. The molecule has 1 aliphatic heterocycles. The molecule has 0 bridgehead atoms. The molecule has 1 unspecified atom stereocenters. The number of ether oxygens (including phenoxy) is 3. The summed E-state index contributed by atoms with van der Waals surface area (Å²) in [6.45, 7) is 5.30. The molecule has 3 aromatic rings. The number of hydrogen-bond acceptors (Lipinski definition) is 9. The molecule has 1 fully saturated rings. The highest BCUT2D eigenvalue weighted by Gasteiger charge is 2.28. The van der Waals surface area contributed by atoms with Gasteiger partial charge in [-0.15, -0.1) is 0 Å². The second kappa shape index (κ2) is 10.8. The van der Waals surface area contributed by atoms with Gasteiger partial charge in [0.15, 0.2) is 0 Å². The van der Waals surface area contributed by atoms with E-state index in [1.807, 2.05) is 0 Å². The zero-order chi connectivity index (χ0) is 25.8. The lowest BCUT2D eigenvalue weighted by molar-refractivity contribution is -0.150. The monoisotopic (exact) mass is 495 g/mol. The predicted molar refractivity (Wildman–Crippen MR) is 131 cm³/mol. The Balaban J connectivity index is 1.62. The number of esters is 2. The summed E-state index contributed by atoms with van der Waals surface area (Å²) in [7, 11) is 1.30. The van der Waals surface area contributed by atoms with Crippen molar-refractivity contribution >= 4 is 22.9 Å². The van der Waals surface area contributed by atoms with Gasteiger partial charge in [-0.2, -0.15) is 0 Å². The van der Waals surface area contributed by atoms with Gasteiger partial charge in [0.2, 0.25) is 11.2 Å². The predicted octanol–water partition coefficient (Wildman–Crippen LogP) is 4.16. The smallest absolute Gasteiger partial charge is 0.337 e. The van der Waals surface area contributed by atoms with E-state index in [4.69, 9.17) is 18.6 Å². The van der Waals surface area contributed by atoms with Crippen molar-refractivity contribution in [3.05, 3.63) is 63.5 Å². The van der Waals surface area contributed by atoms with Gasteiger partial charge in [-0.25, -0.2) is 4.79 Å². The van der Waals surface area contributed by atoms with Crippen molar-refractivity contribution in [2.45, 2.75) is 33.2 Å². The Labute approximate surface area is 208 Å². The number of fused-ring (bicyclic) bond motifs is 1. The fourth-order valence-corrected chi connectivity index (χ4v) is 4.44. The maximum absolute atomic E-state index is 13.3. The highest BCUT2D eigenvalue weighted by atomic mass is 16.5. The van der Waals surface area contributed by atoms with Crippen LogP contribution in [0.3, 0.4) is 0 Å². The van der Waals surface area contributed by atoms with Crippen LogP contribution in [0.1, 0.15) is 41.4 Å². The summed E-state index contributed by atoms with van der Waals surface area (Å²) in [5.41, 5.74) is 0.737. The first kappa shape index (κ1) is 25.2. The summed E-state index contributed by atoms with van der Waals surface area (Å²) in [6.07, 6.45) is 1.58. The molecule has 0 saturated carbocycles. The van der Waals surface area contributed by atoms with E-state index in [1.54, 1.807) is 26.0 Å². The average Bonchev–Trinajstić information content (AvgIpc) is 2.88. The van der Waals surface area contributed by atoms with Crippen LogP contribution in [0.5, 0.6) is 17.2 Å². The normalized spacial score (nSPS) is 16.0. The second-order valence-corrected chi connectivity index (χ2v) is 8.70. The Morgan fingerprint density at radius 3 is 2.61 bits per heavy atom. The van der Waals surface area contributed by atoms with Crippen LogP contribution in [-0.4, -0.2) is 48.8 Å². The van der Waals surface area contributed by atoms with Gasteiger partial charge in [0, 0.05) is 13.1 Å². The Kier molecular flexibility index (Phi) is 7.59. The standard InChI is InChI=1S/C27H29NO8/c1-4-34-27(32)18-6-5-13-28(14-18)15-21-22(29)12-11-20-23(30)24(16(2)35-25(20)21)36-19-9-7-17(8-10-19)26(31)33-3/h7-12,18,29H,4-6,13-15H2,1-3H3. The van der Waals surface area contributed by atoms with E-state index in [-0.39, 0.29) is 45.5 Å². The van der Waals surface area contributed by atoms with Crippen molar-refractivity contribution in [1.82, 2.24) is 4.90 Å². The number of piperidine rings is 1. The number of benzene rings is 2. The van der Waals surface area contributed by atoms with Crippen LogP contribution in [0.2, 0.25) is 0 Å². The number of methoxy groups -OCH3 is 1. The lowest BCUT2D eigenvalue weighted by atomic mass is 9.97. The highest BCUT2D eigenvalue weighted by molar-refractivity contribution is 5.89. The Hall–Kier alpha value is -3.85. The summed E-state index contributed by atoms with van der Waals surface area (Å²) in [5.74, 6) is -0.282. The van der Waals surface area contributed by atoms with Crippen LogP contribution in [0.25, 0.3) is 11.0 Å². The zero-order valence-corrected chi connectivity index (χ0v) is 20.5. The molecule has 1 aromatic heterocycles. The van der Waals surface area contributed by atoms with E-state index in [0.29, 0.717) is 36.6 Å². The van der Waals surface area contributed by atoms with E-state index in [1.165, 1.54) is 31.4 Å². The van der Waals surface area contributed by atoms with E-state index in [9.17, 15) is 19.5 Å². The molecular weight excluding hydrogens is 466 g/mol. The first-order valence-corrected chi connectivity index (χ1v) is 11.9. The van der Waals surface area contributed by atoms with Gasteiger partial charge >= 0.3 is 11.9 Å². The lowest BCUT2D eigenvalue weighted by Gasteiger charge is -2.31. The van der Waals surface area contributed by atoms with Crippen molar-refractivity contribution < 1.29 is 33.3 Å². The van der Waals surface area contributed by atoms with Gasteiger partial charge in [-0.1, -0.05) is 0 Å². The third-order valence-corrected chi connectivity index (χ3v) is 6.26. The van der Waals surface area contributed by atoms with Crippen LogP contribution in [0, 0.1) is 12.8 Å². The third kappa shape index (κ3) is 5.21. The average molecular weight is 496 g/mol.